The molecule has 2 unspecified atom stereocenters. The van der Waals surface area contributed by atoms with Gasteiger partial charge in [-0.05, 0) is 44.7 Å². The Morgan fingerprint density at radius 2 is 2.33 bits per heavy atom. The second-order valence-corrected chi connectivity index (χ2v) is 7.22. The predicted octanol–water partition coefficient (Wildman–Crippen LogP) is 4.33. The van der Waals surface area contributed by atoms with Gasteiger partial charge in [0, 0.05) is 6.54 Å². The zero-order chi connectivity index (χ0) is 16.9. The van der Waals surface area contributed by atoms with Crippen LogP contribution in [-0.4, -0.2) is 35.0 Å². The van der Waals surface area contributed by atoms with E-state index >= 15 is 0 Å². The summed E-state index contributed by atoms with van der Waals surface area (Å²) in [4.78, 5) is 19.6. The van der Waals surface area contributed by atoms with Crippen LogP contribution in [0.2, 0.25) is 0 Å². The van der Waals surface area contributed by atoms with E-state index in [4.69, 9.17) is 9.72 Å². The number of thiazole rings is 1. The van der Waals surface area contributed by atoms with Crippen molar-refractivity contribution in [3.05, 3.63) is 41.9 Å². The molecule has 2 aromatic rings. The van der Waals surface area contributed by atoms with Crippen LogP contribution in [0.25, 0.3) is 10.2 Å². The zero-order valence-corrected chi connectivity index (χ0v) is 14.9. The van der Waals surface area contributed by atoms with Gasteiger partial charge in [0.25, 0.3) is 5.91 Å². The average molecular weight is 344 g/mol. The van der Waals surface area contributed by atoms with Crippen LogP contribution in [0.15, 0.2) is 36.9 Å². The number of piperidine rings is 1. The number of benzene rings is 1. The van der Waals surface area contributed by atoms with Crippen LogP contribution in [0.3, 0.4) is 0 Å². The van der Waals surface area contributed by atoms with E-state index in [-0.39, 0.29) is 11.9 Å². The summed E-state index contributed by atoms with van der Waals surface area (Å²) < 4.78 is 6.84. The fourth-order valence-electron chi connectivity index (χ4n) is 3.12. The molecule has 0 spiro atoms. The van der Waals surface area contributed by atoms with Crippen LogP contribution in [-0.2, 0) is 9.53 Å². The molecule has 0 aliphatic carbocycles. The van der Waals surface area contributed by atoms with E-state index in [0.717, 1.165) is 42.8 Å². The van der Waals surface area contributed by atoms with Gasteiger partial charge in [0.2, 0.25) is 0 Å². The number of fused-ring (bicyclic) bond motifs is 1. The number of likely N-dealkylation sites (tertiary alicyclic amines) is 1. The van der Waals surface area contributed by atoms with Crippen molar-refractivity contribution in [2.45, 2.75) is 44.8 Å². The van der Waals surface area contributed by atoms with Gasteiger partial charge in [-0.2, -0.15) is 0 Å². The third-order valence-electron chi connectivity index (χ3n) is 4.42. The van der Waals surface area contributed by atoms with Crippen LogP contribution >= 0.6 is 11.3 Å². The van der Waals surface area contributed by atoms with Crippen molar-refractivity contribution in [2.24, 2.45) is 0 Å². The molecule has 0 bridgehead atoms. The molecular weight excluding hydrogens is 320 g/mol. The maximum Gasteiger partial charge on any atom is 0.252 e. The van der Waals surface area contributed by atoms with E-state index in [9.17, 15) is 4.79 Å². The summed E-state index contributed by atoms with van der Waals surface area (Å²) in [5.74, 6) is 0.0722. The Balaban J connectivity index is 1.77. The fourth-order valence-corrected chi connectivity index (χ4v) is 4.23. The Bertz CT molecular complexity index is 679. The van der Waals surface area contributed by atoms with E-state index in [1.165, 1.54) is 4.70 Å². The second-order valence-electron chi connectivity index (χ2n) is 6.15. The molecule has 0 saturated carbocycles. The number of aromatic nitrogens is 1. The highest BCUT2D eigenvalue weighted by Crippen LogP contribution is 2.36. The Labute approximate surface area is 147 Å². The number of hydrogen-bond acceptors (Lipinski definition) is 4. The lowest BCUT2D eigenvalue weighted by molar-refractivity contribution is -0.146. The molecule has 1 saturated heterocycles. The number of nitrogens with zero attached hydrogens (tertiary/aromatic N) is 2. The second kappa shape index (κ2) is 7.90. The third-order valence-corrected chi connectivity index (χ3v) is 5.56. The Kier molecular flexibility index (Phi) is 5.63. The molecular formula is C19H24N2O2S. The van der Waals surface area contributed by atoms with E-state index in [1.807, 2.05) is 36.1 Å². The smallest absolute Gasteiger partial charge is 0.252 e. The van der Waals surface area contributed by atoms with Gasteiger partial charge >= 0.3 is 0 Å². The normalized spacial score (nSPS) is 19.4. The standard InChI is InChI=1S/C19H24N2O2S/c1-3-4-13-23-14(2)19(22)21-12-8-7-10-16(21)18-20-15-9-5-6-11-17(15)24-18/h3,5-6,9,11,14,16H,1,4,7-8,10,12-13H2,2H3. The van der Waals surface area contributed by atoms with Gasteiger partial charge in [0.05, 0.1) is 22.9 Å². The average Bonchev–Trinajstić information content (AvgIpc) is 3.05. The number of carbonyl (C=O) groups is 1. The first-order chi connectivity index (χ1) is 11.7. The lowest BCUT2D eigenvalue weighted by Gasteiger charge is -2.36. The van der Waals surface area contributed by atoms with Crippen molar-refractivity contribution in [2.75, 3.05) is 13.2 Å². The molecule has 1 aliphatic heterocycles. The molecule has 0 N–H and O–H groups in total. The third kappa shape index (κ3) is 3.68. The summed E-state index contributed by atoms with van der Waals surface area (Å²) in [7, 11) is 0. The first-order valence-corrected chi connectivity index (χ1v) is 9.41. The highest BCUT2D eigenvalue weighted by atomic mass is 32.1. The Hall–Kier alpha value is -1.72. The molecule has 0 radical (unpaired) electrons. The molecule has 1 aliphatic rings. The van der Waals surface area contributed by atoms with Crippen molar-refractivity contribution >= 4 is 27.5 Å². The number of carbonyl (C=O) groups excluding carboxylic acids is 1. The van der Waals surface area contributed by atoms with Crippen molar-refractivity contribution in [1.82, 2.24) is 9.88 Å². The van der Waals surface area contributed by atoms with Gasteiger partial charge in [0.1, 0.15) is 11.1 Å². The lowest BCUT2D eigenvalue weighted by atomic mass is 10.0. The van der Waals surface area contributed by atoms with Crippen LogP contribution in [0.4, 0.5) is 0 Å². The van der Waals surface area contributed by atoms with E-state index in [1.54, 1.807) is 11.3 Å². The number of amides is 1. The summed E-state index contributed by atoms with van der Waals surface area (Å²) in [6.07, 6.45) is 5.31. The number of rotatable bonds is 6. The van der Waals surface area contributed by atoms with Gasteiger partial charge in [-0.1, -0.05) is 18.2 Å². The van der Waals surface area contributed by atoms with Crippen LogP contribution in [0, 0.1) is 0 Å². The number of ether oxygens (including phenoxy) is 1. The summed E-state index contributed by atoms with van der Waals surface area (Å²) in [5, 5.41) is 1.04. The highest BCUT2D eigenvalue weighted by molar-refractivity contribution is 7.18. The maximum atomic E-state index is 12.8. The molecule has 5 heteroatoms. The topological polar surface area (TPSA) is 42.4 Å². The molecule has 1 aromatic heterocycles. The lowest BCUT2D eigenvalue weighted by Crippen LogP contribution is -2.44. The zero-order valence-electron chi connectivity index (χ0n) is 14.1. The molecule has 1 aromatic carbocycles. The molecule has 2 heterocycles. The summed E-state index contributed by atoms with van der Waals surface area (Å²) in [5.41, 5.74) is 1.02. The van der Waals surface area contributed by atoms with E-state index in [2.05, 4.69) is 12.6 Å². The van der Waals surface area contributed by atoms with Gasteiger partial charge in [-0.3, -0.25) is 4.79 Å². The van der Waals surface area contributed by atoms with Crippen molar-refractivity contribution < 1.29 is 9.53 Å². The van der Waals surface area contributed by atoms with Gasteiger partial charge in [-0.15, -0.1) is 17.9 Å². The Morgan fingerprint density at radius 1 is 1.50 bits per heavy atom. The van der Waals surface area contributed by atoms with Gasteiger partial charge in [-0.25, -0.2) is 4.98 Å². The fraction of sp³-hybridized carbons (Fsp3) is 0.474. The van der Waals surface area contributed by atoms with Gasteiger partial charge in [0.15, 0.2) is 0 Å². The molecule has 1 amide bonds. The monoisotopic (exact) mass is 344 g/mol. The molecule has 1 fully saturated rings. The van der Waals surface area contributed by atoms with Crippen molar-refractivity contribution in [1.29, 1.82) is 0 Å². The van der Waals surface area contributed by atoms with E-state index < -0.39 is 6.10 Å². The predicted molar refractivity (Wildman–Crippen MR) is 98.2 cm³/mol. The van der Waals surface area contributed by atoms with Crippen molar-refractivity contribution in [3.8, 4) is 0 Å². The number of para-hydroxylation sites is 1. The van der Waals surface area contributed by atoms with Crippen LogP contribution in [0.1, 0.15) is 43.7 Å². The minimum Gasteiger partial charge on any atom is -0.368 e. The SMILES string of the molecule is C=CCCOC(C)C(=O)N1CCCCC1c1nc2ccccc2s1. The molecule has 2 atom stereocenters. The summed E-state index contributed by atoms with van der Waals surface area (Å²) in [6, 6.07) is 8.24. The molecule has 4 nitrogen and oxygen atoms in total. The maximum absolute atomic E-state index is 12.8. The minimum atomic E-state index is -0.417. The van der Waals surface area contributed by atoms with E-state index in [0.29, 0.717) is 6.61 Å². The van der Waals surface area contributed by atoms with Gasteiger partial charge < -0.3 is 9.64 Å². The Morgan fingerprint density at radius 3 is 3.12 bits per heavy atom. The summed E-state index contributed by atoms with van der Waals surface area (Å²) >= 11 is 1.70. The van der Waals surface area contributed by atoms with Crippen LogP contribution in [0.5, 0.6) is 0 Å². The minimum absolute atomic E-state index is 0.0722. The quantitative estimate of drug-likeness (QED) is 0.578. The molecule has 128 valence electrons. The molecule has 24 heavy (non-hydrogen) atoms. The van der Waals surface area contributed by atoms with Crippen molar-refractivity contribution in [3.63, 3.8) is 0 Å². The first kappa shape index (κ1) is 17.1. The van der Waals surface area contributed by atoms with Crippen LogP contribution < -0.4 is 0 Å². The summed E-state index contributed by atoms with van der Waals surface area (Å²) in [6.45, 7) is 6.85. The first-order valence-electron chi connectivity index (χ1n) is 8.59. The number of hydrogen-bond donors (Lipinski definition) is 0. The molecule has 3 rings (SSSR count). The largest absolute Gasteiger partial charge is 0.368 e. The highest BCUT2D eigenvalue weighted by Gasteiger charge is 2.32.